The molecule has 0 spiro atoms. The monoisotopic (exact) mass is 295 g/mol. The van der Waals surface area contributed by atoms with Crippen LogP contribution in [0.15, 0.2) is 0 Å². The quantitative estimate of drug-likeness (QED) is 0.815. The van der Waals surface area contributed by atoms with Gasteiger partial charge in [0.05, 0.1) is 5.41 Å². The van der Waals surface area contributed by atoms with Gasteiger partial charge in [-0.2, -0.15) is 0 Å². The van der Waals surface area contributed by atoms with Crippen LogP contribution in [0.3, 0.4) is 0 Å². The van der Waals surface area contributed by atoms with Crippen LogP contribution in [0.2, 0.25) is 0 Å². The van der Waals surface area contributed by atoms with E-state index in [9.17, 15) is 4.79 Å². The third-order valence-electron chi connectivity index (χ3n) is 5.48. The summed E-state index contributed by atoms with van der Waals surface area (Å²) in [6.45, 7) is 9.63. The Morgan fingerprint density at radius 3 is 2.67 bits per heavy atom. The van der Waals surface area contributed by atoms with E-state index in [4.69, 9.17) is 0 Å². The fraction of sp³-hybridized carbons (Fsp3) is 0.941. The van der Waals surface area contributed by atoms with Gasteiger partial charge < -0.3 is 10.2 Å². The smallest absolute Gasteiger partial charge is 0.228 e. The summed E-state index contributed by atoms with van der Waals surface area (Å²) in [7, 11) is 2.02. The van der Waals surface area contributed by atoms with Crippen molar-refractivity contribution in [1.29, 1.82) is 0 Å². The van der Waals surface area contributed by atoms with Gasteiger partial charge in [0.2, 0.25) is 5.91 Å². The topological polar surface area (TPSA) is 35.6 Å². The van der Waals surface area contributed by atoms with E-state index in [0.717, 1.165) is 51.9 Å². The minimum Gasteiger partial charge on any atom is -0.344 e. The van der Waals surface area contributed by atoms with Crippen molar-refractivity contribution in [2.45, 2.75) is 58.4 Å². The molecule has 21 heavy (non-hydrogen) atoms. The van der Waals surface area contributed by atoms with Gasteiger partial charge in [0.25, 0.3) is 0 Å². The average molecular weight is 295 g/mol. The first-order valence-electron chi connectivity index (χ1n) is 8.83. The van der Waals surface area contributed by atoms with Crippen molar-refractivity contribution in [2.24, 2.45) is 5.41 Å². The predicted molar refractivity (Wildman–Crippen MR) is 87.4 cm³/mol. The lowest BCUT2D eigenvalue weighted by atomic mass is 9.74. The number of nitrogens with zero attached hydrogens (tertiary/aromatic N) is 2. The number of likely N-dealkylation sites (N-methyl/N-ethyl adjacent to an activating group) is 2. The molecule has 1 atom stereocenters. The van der Waals surface area contributed by atoms with E-state index < -0.39 is 0 Å². The number of rotatable bonds is 6. The van der Waals surface area contributed by atoms with Crippen molar-refractivity contribution < 1.29 is 4.79 Å². The molecule has 2 rings (SSSR count). The fourth-order valence-electron chi connectivity index (χ4n) is 4.28. The van der Waals surface area contributed by atoms with E-state index in [0.29, 0.717) is 11.9 Å². The first-order valence-corrected chi connectivity index (χ1v) is 8.83. The number of likely N-dealkylation sites (tertiary alicyclic amines) is 1. The zero-order valence-corrected chi connectivity index (χ0v) is 14.2. The van der Waals surface area contributed by atoms with Crippen molar-refractivity contribution in [3.8, 4) is 0 Å². The SMILES string of the molecule is CCCC1(C(=O)N(C)CC2CCCN2CC)CCNCC1. The van der Waals surface area contributed by atoms with Crippen molar-refractivity contribution >= 4 is 5.91 Å². The molecule has 2 fully saturated rings. The maximum absolute atomic E-state index is 13.1. The minimum absolute atomic E-state index is 0.0929. The van der Waals surface area contributed by atoms with Gasteiger partial charge in [0.1, 0.15) is 0 Å². The number of carbonyl (C=O) groups is 1. The van der Waals surface area contributed by atoms with Gasteiger partial charge in [-0.1, -0.05) is 20.3 Å². The first-order chi connectivity index (χ1) is 10.1. The summed E-state index contributed by atoms with van der Waals surface area (Å²) < 4.78 is 0. The summed E-state index contributed by atoms with van der Waals surface area (Å²) in [5, 5.41) is 3.40. The third kappa shape index (κ3) is 3.78. The van der Waals surface area contributed by atoms with Crippen LogP contribution in [0, 0.1) is 5.41 Å². The van der Waals surface area contributed by atoms with Crippen molar-refractivity contribution in [1.82, 2.24) is 15.1 Å². The Morgan fingerprint density at radius 1 is 1.33 bits per heavy atom. The fourth-order valence-corrected chi connectivity index (χ4v) is 4.28. The van der Waals surface area contributed by atoms with Gasteiger partial charge in [-0.15, -0.1) is 0 Å². The van der Waals surface area contributed by atoms with Crippen LogP contribution in [0.25, 0.3) is 0 Å². The number of hydrogen-bond acceptors (Lipinski definition) is 3. The van der Waals surface area contributed by atoms with Gasteiger partial charge >= 0.3 is 0 Å². The molecule has 4 heteroatoms. The van der Waals surface area contributed by atoms with E-state index in [1.54, 1.807) is 0 Å². The molecule has 2 heterocycles. The molecular formula is C17H33N3O. The maximum Gasteiger partial charge on any atom is 0.228 e. The predicted octanol–water partition coefficient (Wildman–Crippen LogP) is 2.10. The molecule has 122 valence electrons. The van der Waals surface area contributed by atoms with Crippen LogP contribution >= 0.6 is 0 Å². The van der Waals surface area contributed by atoms with E-state index in [2.05, 4.69) is 24.1 Å². The summed E-state index contributed by atoms with van der Waals surface area (Å²) in [5.41, 5.74) is -0.0929. The van der Waals surface area contributed by atoms with Crippen molar-refractivity contribution in [2.75, 3.05) is 39.8 Å². The molecule has 0 aromatic carbocycles. The van der Waals surface area contributed by atoms with Crippen LogP contribution < -0.4 is 5.32 Å². The number of carbonyl (C=O) groups excluding carboxylic acids is 1. The van der Waals surface area contributed by atoms with Gasteiger partial charge in [-0.05, 0) is 58.3 Å². The van der Waals surface area contributed by atoms with Crippen molar-refractivity contribution in [3.63, 3.8) is 0 Å². The van der Waals surface area contributed by atoms with E-state index in [1.165, 1.54) is 19.4 Å². The van der Waals surface area contributed by atoms with Gasteiger partial charge in [-0.3, -0.25) is 9.69 Å². The van der Waals surface area contributed by atoms with Crippen molar-refractivity contribution in [3.05, 3.63) is 0 Å². The van der Waals surface area contributed by atoms with Crippen LogP contribution in [0.1, 0.15) is 52.4 Å². The minimum atomic E-state index is -0.0929. The summed E-state index contributed by atoms with van der Waals surface area (Å²) in [6.07, 6.45) is 6.68. The molecule has 2 aliphatic heterocycles. The highest BCUT2D eigenvalue weighted by atomic mass is 16.2. The second kappa shape index (κ2) is 7.59. The molecule has 1 amide bonds. The third-order valence-corrected chi connectivity index (χ3v) is 5.48. The molecule has 0 radical (unpaired) electrons. The number of amides is 1. The highest BCUT2D eigenvalue weighted by Crippen LogP contribution is 2.36. The van der Waals surface area contributed by atoms with Crippen LogP contribution in [0.5, 0.6) is 0 Å². The summed E-state index contributed by atoms with van der Waals surface area (Å²) in [5.74, 6) is 0.397. The van der Waals surface area contributed by atoms with Gasteiger partial charge in [0.15, 0.2) is 0 Å². The molecule has 0 aliphatic carbocycles. The maximum atomic E-state index is 13.1. The molecule has 0 aromatic rings. The normalized spacial score (nSPS) is 26.0. The lowest BCUT2D eigenvalue weighted by Crippen LogP contribution is -2.50. The largest absolute Gasteiger partial charge is 0.344 e. The average Bonchev–Trinajstić information content (AvgIpc) is 2.94. The Labute approximate surface area is 130 Å². The Balaban J connectivity index is 1.99. The molecule has 2 saturated heterocycles. The second-order valence-electron chi connectivity index (χ2n) is 6.89. The van der Waals surface area contributed by atoms with E-state index >= 15 is 0 Å². The highest BCUT2D eigenvalue weighted by molar-refractivity contribution is 5.82. The molecular weight excluding hydrogens is 262 g/mol. The van der Waals surface area contributed by atoms with E-state index in [-0.39, 0.29) is 5.41 Å². The Kier molecular flexibility index (Phi) is 6.06. The Hall–Kier alpha value is -0.610. The number of piperidine rings is 1. The summed E-state index contributed by atoms with van der Waals surface area (Å²) in [4.78, 5) is 17.6. The number of nitrogens with one attached hydrogen (secondary N) is 1. The lowest BCUT2D eigenvalue weighted by molar-refractivity contribution is -0.143. The Bertz CT molecular complexity index is 333. The molecule has 0 saturated carbocycles. The molecule has 0 aromatic heterocycles. The van der Waals surface area contributed by atoms with Crippen LogP contribution in [-0.4, -0.2) is 61.5 Å². The van der Waals surface area contributed by atoms with Crippen LogP contribution in [0.4, 0.5) is 0 Å². The first kappa shape index (κ1) is 16.8. The van der Waals surface area contributed by atoms with Gasteiger partial charge in [-0.25, -0.2) is 0 Å². The summed E-state index contributed by atoms with van der Waals surface area (Å²) in [6, 6.07) is 0.573. The molecule has 4 nitrogen and oxygen atoms in total. The molecule has 2 aliphatic rings. The van der Waals surface area contributed by atoms with Gasteiger partial charge in [0, 0.05) is 19.6 Å². The Morgan fingerprint density at radius 2 is 2.05 bits per heavy atom. The molecule has 1 N–H and O–H groups in total. The number of hydrogen-bond donors (Lipinski definition) is 1. The van der Waals surface area contributed by atoms with Crippen LogP contribution in [-0.2, 0) is 4.79 Å². The highest BCUT2D eigenvalue weighted by Gasteiger charge is 2.41. The lowest BCUT2D eigenvalue weighted by Gasteiger charge is -2.40. The zero-order chi connectivity index (χ0) is 15.3. The summed E-state index contributed by atoms with van der Waals surface area (Å²) >= 11 is 0. The molecule has 0 bridgehead atoms. The zero-order valence-electron chi connectivity index (χ0n) is 14.2. The standard InChI is InChI=1S/C17H33N3O/c1-4-8-17(9-11-18-12-10-17)16(21)19(3)14-15-7-6-13-20(15)5-2/h15,18H,4-14H2,1-3H3. The molecule has 1 unspecified atom stereocenters. The second-order valence-corrected chi connectivity index (χ2v) is 6.89. The van der Waals surface area contributed by atoms with E-state index in [1.807, 2.05) is 11.9 Å².